The van der Waals surface area contributed by atoms with Crippen LogP contribution in [0.4, 0.5) is 5.69 Å². The minimum absolute atomic E-state index is 0.0284. The van der Waals surface area contributed by atoms with E-state index in [1.165, 1.54) is 47.7 Å². The first kappa shape index (κ1) is 15.0. The Labute approximate surface area is 118 Å². The first-order chi connectivity index (χ1) is 8.29. The van der Waals surface area contributed by atoms with Gasteiger partial charge in [0.1, 0.15) is 0 Å². The van der Waals surface area contributed by atoms with Gasteiger partial charge >= 0.3 is 0 Å². The Bertz CT molecular complexity index is 584. The lowest BCUT2D eigenvalue weighted by Gasteiger charge is -2.08. The zero-order valence-corrected chi connectivity index (χ0v) is 12.3. The minimum Gasteiger partial charge on any atom is -0.292 e. The predicted molar refractivity (Wildman–Crippen MR) is 74.7 cm³/mol. The van der Waals surface area contributed by atoms with E-state index in [1.807, 2.05) is 0 Å². The zero-order valence-electron chi connectivity index (χ0n) is 9.37. The highest BCUT2D eigenvalue weighted by atomic mass is 127. The molecule has 0 aliphatic heterocycles. The maximum Gasteiger partial charge on any atom is 0.270 e. The molecule has 1 aromatic rings. The van der Waals surface area contributed by atoms with Crippen LogP contribution in [-0.2, 0) is 9.84 Å². The van der Waals surface area contributed by atoms with Crippen molar-refractivity contribution < 1.29 is 18.1 Å². The molecule has 0 amide bonds. The summed E-state index contributed by atoms with van der Waals surface area (Å²) in [5, 5.41) is 10.6. The van der Waals surface area contributed by atoms with Gasteiger partial charge in [0, 0.05) is 23.4 Å². The number of alkyl halides is 1. The lowest BCUT2D eigenvalue weighted by molar-refractivity contribution is -0.384. The van der Waals surface area contributed by atoms with Gasteiger partial charge in [-0.3, -0.25) is 14.9 Å². The van der Waals surface area contributed by atoms with Gasteiger partial charge in [-0.05, 0) is 0 Å². The molecule has 0 fully saturated rings. The molecule has 0 saturated carbocycles. The first-order valence-corrected chi connectivity index (χ1v) is 7.90. The van der Waals surface area contributed by atoms with E-state index in [4.69, 9.17) is 0 Å². The number of sulfone groups is 1. The summed E-state index contributed by atoms with van der Waals surface area (Å²) in [7, 11) is -3.51. The van der Waals surface area contributed by atoms with Crippen LogP contribution >= 0.6 is 22.6 Å². The second-order valence-corrected chi connectivity index (χ2v) is 7.90. The van der Waals surface area contributed by atoms with Gasteiger partial charge in [0.05, 0.1) is 4.92 Å². The molecule has 8 heteroatoms. The fourth-order valence-electron chi connectivity index (χ4n) is 1.21. The van der Waals surface area contributed by atoms with E-state index in [0.29, 0.717) is 0 Å². The number of carbonyl (C=O) groups excluding carboxylic acids is 1. The molecule has 18 heavy (non-hydrogen) atoms. The standard InChI is InChI=1S/C10H10INO5S/c1-2-18(16,17)10(11)9(13)7-4-3-5-8(6-7)12(14)15/h3-6,10H,2H2,1H3/t10-/m0/s1. The molecule has 0 aromatic heterocycles. The molecule has 6 nitrogen and oxygen atoms in total. The summed E-state index contributed by atoms with van der Waals surface area (Å²) in [6.07, 6.45) is 0. The quantitative estimate of drug-likeness (QED) is 0.255. The molecule has 0 unspecified atom stereocenters. The largest absolute Gasteiger partial charge is 0.292 e. The highest BCUT2D eigenvalue weighted by Gasteiger charge is 2.29. The average molecular weight is 383 g/mol. The van der Waals surface area contributed by atoms with Crippen molar-refractivity contribution in [3.05, 3.63) is 39.9 Å². The molecule has 0 spiro atoms. The molecule has 0 aliphatic rings. The van der Waals surface area contributed by atoms with E-state index >= 15 is 0 Å². The van der Waals surface area contributed by atoms with Crippen molar-refractivity contribution in [1.82, 2.24) is 0 Å². The molecular weight excluding hydrogens is 373 g/mol. The summed E-state index contributed by atoms with van der Waals surface area (Å²) >= 11 is 1.54. The molecule has 0 bridgehead atoms. The molecule has 0 radical (unpaired) electrons. The summed E-state index contributed by atoms with van der Waals surface area (Å²) in [5.41, 5.74) is -0.209. The number of halogens is 1. The average Bonchev–Trinajstić information content (AvgIpc) is 2.37. The summed E-state index contributed by atoms with van der Waals surface area (Å²) in [6.45, 7) is 1.45. The third-order valence-corrected chi connectivity index (χ3v) is 6.80. The van der Waals surface area contributed by atoms with Crippen LogP contribution in [0.15, 0.2) is 24.3 Å². The Balaban J connectivity index is 3.12. The summed E-state index contributed by atoms with van der Waals surface area (Å²) in [5.74, 6) is -0.789. The van der Waals surface area contributed by atoms with Crippen LogP contribution in [0.25, 0.3) is 0 Å². The van der Waals surface area contributed by atoms with Crippen molar-refractivity contribution in [1.29, 1.82) is 0 Å². The van der Waals surface area contributed by atoms with Gasteiger partial charge in [-0.2, -0.15) is 0 Å². The number of nitrogens with zero attached hydrogens (tertiary/aromatic N) is 1. The van der Waals surface area contributed by atoms with Gasteiger partial charge in [-0.1, -0.05) is 41.6 Å². The summed E-state index contributed by atoms with van der Waals surface area (Å²) < 4.78 is 21.9. The van der Waals surface area contributed by atoms with E-state index in [9.17, 15) is 23.3 Å². The Hall–Kier alpha value is -1.03. The van der Waals surface area contributed by atoms with Crippen molar-refractivity contribution in [3.8, 4) is 0 Å². The summed E-state index contributed by atoms with van der Waals surface area (Å²) in [6, 6.07) is 5.05. The topological polar surface area (TPSA) is 94.3 Å². The molecule has 0 heterocycles. The smallest absolute Gasteiger partial charge is 0.270 e. The monoisotopic (exact) mass is 383 g/mol. The van der Waals surface area contributed by atoms with Crippen LogP contribution in [0, 0.1) is 10.1 Å². The van der Waals surface area contributed by atoms with Gasteiger partial charge in [0.15, 0.2) is 18.9 Å². The number of hydrogen-bond donors (Lipinski definition) is 0. The van der Waals surface area contributed by atoms with E-state index in [1.54, 1.807) is 0 Å². The molecule has 98 valence electrons. The van der Waals surface area contributed by atoms with E-state index in [2.05, 4.69) is 0 Å². The predicted octanol–water partition coefficient (Wildman–Crippen LogP) is 1.97. The minimum atomic E-state index is -3.51. The fraction of sp³-hybridized carbons (Fsp3) is 0.300. The highest BCUT2D eigenvalue weighted by molar-refractivity contribution is 14.1. The van der Waals surface area contributed by atoms with E-state index in [0.717, 1.165) is 6.07 Å². The van der Waals surface area contributed by atoms with Crippen LogP contribution in [-0.4, -0.2) is 28.1 Å². The zero-order chi connectivity index (χ0) is 13.9. The maximum absolute atomic E-state index is 11.9. The number of non-ortho nitro benzene ring substituents is 1. The Morgan fingerprint density at radius 3 is 2.61 bits per heavy atom. The van der Waals surface area contributed by atoms with Gasteiger partial charge in [-0.25, -0.2) is 8.42 Å². The number of hydrogen-bond acceptors (Lipinski definition) is 5. The third-order valence-electron chi connectivity index (χ3n) is 2.27. The highest BCUT2D eigenvalue weighted by Crippen LogP contribution is 2.20. The molecule has 0 N–H and O–H groups in total. The molecule has 0 aliphatic carbocycles. The van der Waals surface area contributed by atoms with E-state index in [-0.39, 0.29) is 17.0 Å². The number of nitro benzene ring substituents is 1. The number of ketones is 1. The molecule has 1 atom stereocenters. The van der Waals surface area contributed by atoms with Crippen molar-refractivity contribution in [2.75, 3.05) is 5.75 Å². The normalized spacial score (nSPS) is 13.0. The Morgan fingerprint density at radius 1 is 1.50 bits per heavy atom. The van der Waals surface area contributed by atoms with Crippen molar-refractivity contribution in [2.45, 2.75) is 10.2 Å². The van der Waals surface area contributed by atoms with Crippen LogP contribution < -0.4 is 0 Å². The maximum atomic E-state index is 11.9. The van der Waals surface area contributed by atoms with Crippen LogP contribution in [0.3, 0.4) is 0 Å². The lowest BCUT2D eigenvalue weighted by atomic mass is 10.1. The van der Waals surface area contributed by atoms with Crippen molar-refractivity contribution in [2.24, 2.45) is 0 Å². The van der Waals surface area contributed by atoms with Crippen LogP contribution in [0.2, 0.25) is 0 Å². The molecule has 1 rings (SSSR count). The number of nitro groups is 1. The SMILES string of the molecule is CCS(=O)(=O)[C@H](I)C(=O)c1cccc([N+](=O)[O-])c1. The summed E-state index contributed by atoms with van der Waals surface area (Å²) in [4.78, 5) is 21.9. The number of Topliss-reactive ketones (excluding diaryl/α,β-unsaturated/α-hetero) is 1. The van der Waals surface area contributed by atoms with Crippen molar-refractivity contribution >= 4 is 43.9 Å². The molecular formula is C10H10INO5S. The Kier molecular flexibility index (Phi) is 4.79. The molecule has 1 aromatic carbocycles. The molecule has 0 saturated heterocycles. The number of rotatable bonds is 5. The lowest BCUT2D eigenvalue weighted by Crippen LogP contribution is -2.26. The van der Waals surface area contributed by atoms with Crippen LogP contribution in [0.5, 0.6) is 0 Å². The van der Waals surface area contributed by atoms with Crippen LogP contribution in [0.1, 0.15) is 17.3 Å². The van der Waals surface area contributed by atoms with Gasteiger partial charge in [0.2, 0.25) is 0 Å². The van der Waals surface area contributed by atoms with Gasteiger partial charge in [0.25, 0.3) is 5.69 Å². The second-order valence-electron chi connectivity index (χ2n) is 3.44. The number of benzene rings is 1. The third kappa shape index (κ3) is 3.25. The second kappa shape index (κ2) is 5.74. The fourth-order valence-corrected chi connectivity index (χ4v) is 3.41. The Morgan fingerprint density at radius 2 is 2.11 bits per heavy atom. The number of carbonyl (C=O) groups is 1. The van der Waals surface area contributed by atoms with E-state index < -0.39 is 23.8 Å². The van der Waals surface area contributed by atoms with Gasteiger partial charge in [-0.15, -0.1) is 0 Å². The van der Waals surface area contributed by atoms with Gasteiger partial charge < -0.3 is 0 Å². The first-order valence-electron chi connectivity index (χ1n) is 4.94. The van der Waals surface area contributed by atoms with Crippen molar-refractivity contribution in [3.63, 3.8) is 0 Å².